The predicted molar refractivity (Wildman–Crippen MR) is 144 cm³/mol. The highest BCUT2D eigenvalue weighted by molar-refractivity contribution is 5.91. The highest BCUT2D eigenvalue weighted by Gasteiger charge is 2.39. The summed E-state index contributed by atoms with van der Waals surface area (Å²) in [4.78, 5) is 43.7. The van der Waals surface area contributed by atoms with Crippen LogP contribution in [0, 0.1) is 5.92 Å². The molecule has 2 N–H and O–H groups in total. The number of likely N-dealkylation sites (tertiary alicyclic amines) is 1. The number of piperidine rings is 1. The molecule has 4 rings (SSSR count). The predicted octanol–water partition coefficient (Wildman–Crippen LogP) is 4.70. The molecule has 10 nitrogen and oxygen atoms in total. The lowest BCUT2D eigenvalue weighted by Crippen LogP contribution is -2.56. The van der Waals surface area contributed by atoms with Crippen LogP contribution in [0.15, 0.2) is 59.1 Å². The van der Waals surface area contributed by atoms with Gasteiger partial charge in [-0.1, -0.05) is 73.1 Å². The van der Waals surface area contributed by atoms with E-state index < -0.39 is 42.1 Å². The molecule has 42 heavy (non-hydrogen) atoms. The maximum absolute atomic E-state index is 13.2. The van der Waals surface area contributed by atoms with Crippen LogP contribution in [0.5, 0.6) is 0 Å². The van der Waals surface area contributed by atoms with Crippen molar-refractivity contribution in [2.75, 3.05) is 6.54 Å². The van der Waals surface area contributed by atoms with Crippen molar-refractivity contribution in [3.05, 3.63) is 71.6 Å². The fourth-order valence-corrected chi connectivity index (χ4v) is 4.62. The molecule has 3 aromatic rings. The average molecular weight is 588 g/mol. The summed E-state index contributed by atoms with van der Waals surface area (Å²) in [5.74, 6) is -2.26. The number of carbonyl (C=O) groups is 3. The highest BCUT2D eigenvalue weighted by atomic mass is 19.4. The van der Waals surface area contributed by atoms with Crippen LogP contribution in [-0.2, 0) is 33.7 Å². The monoisotopic (exact) mass is 587 g/mol. The third kappa shape index (κ3) is 7.86. The van der Waals surface area contributed by atoms with E-state index in [1.54, 1.807) is 19.1 Å². The minimum atomic E-state index is -4.74. The normalized spacial score (nSPS) is 17.8. The van der Waals surface area contributed by atoms with E-state index in [0.29, 0.717) is 24.1 Å². The Balaban J connectivity index is 1.30. The quantitative estimate of drug-likeness (QED) is 0.372. The number of ether oxygens (including phenoxy) is 1. The van der Waals surface area contributed by atoms with Crippen molar-refractivity contribution in [1.29, 1.82) is 0 Å². The fraction of sp³-hybridized carbons (Fsp3) is 0.414. The molecule has 13 heteroatoms. The summed E-state index contributed by atoms with van der Waals surface area (Å²) in [5, 5.41) is 8.79. The SMILES string of the molecule is CC[C@H]1CCN(C(=O)OCc2ccccc2)[C@@H](C(=O)N[C@@H](C)C(=O)NCc2ccc(-c3noc(C(F)(F)F)n3)cc2)C1. The van der Waals surface area contributed by atoms with E-state index in [2.05, 4.69) is 25.3 Å². The topological polar surface area (TPSA) is 127 Å². The first-order chi connectivity index (χ1) is 20.0. The lowest BCUT2D eigenvalue weighted by Gasteiger charge is -2.38. The number of carbonyl (C=O) groups excluding carboxylic acids is 3. The van der Waals surface area contributed by atoms with Gasteiger partial charge in [-0.05, 0) is 36.8 Å². The number of amides is 3. The molecule has 3 atom stereocenters. The second kappa shape index (κ2) is 13.5. The van der Waals surface area contributed by atoms with Gasteiger partial charge in [-0.15, -0.1) is 0 Å². The standard InChI is InChI=1S/C29H32F3N5O5/c1-3-19-13-14-37(28(40)41-17-21-7-5-4-6-8-21)23(15-19)26(39)34-18(2)25(38)33-16-20-9-11-22(12-10-20)24-35-27(42-36-24)29(30,31)32/h4-12,18-19,23H,3,13-17H2,1-2H3,(H,33,38)(H,34,39)/t18-,19-,23+/m0/s1. The van der Waals surface area contributed by atoms with E-state index in [1.807, 2.05) is 37.3 Å². The number of aromatic nitrogens is 2. The van der Waals surface area contributed by atoms with Crippen LogP contribution in [0.25, 0.3) is 11.4 Å². The van der Waals surface area contributed by atoms with Crippen LogP contribution < -0.4 is 10.6 Å². The third-order valence-electron chi connectivity index (χ3n) is 7.13. The van der Waals surface area contributed by atoms with E-state index in [1.165, 1.54) is 17.0 Å². The number of nitrogens with one attached hydrogen (secondary N) is 2. The molecule has 224 valence electrons. The molecular formula is C29H32F3N5O5. The zero-order chi connectivity index (χ0) is 30.3. The van der Waals surface area contributed by atoms with E-state index in [9.17, 15) is 27.6 Å². The Bertz CT molecular complexity index is 1360. The van der Waals surface area contributed by atoms with Gasteiger partial charge in [0.2, 0.25) is 17.6 Å². The van der Waals surface area contributed by atoms with E-state index in [4.69, 9.17) is 4.74 Å². The Morgan fingerprint density at radius 3 is 2.45 bits per heavy atom. The van der Waals surface area contributed by atoms with Gasteiger partial charge >= 0.3 is 18.2 Å². The summed E-state index contributed by atoms with van der Waals surface area (Å²) in [5.41, 5.74) is 1.81. The summed E-state index contributed by atoms with van der Waals surface area (Å²) in [6.07, 6.45) is -3.23. The van der Waals surface area contributed by atoms with Gasteiger partial charge in [0.15, 0.2) is 0 Å². The molecule has 1 aromatic heterocycles. The first-order valence-corrected chi connectivity index (χ1v) is 13.6. The number of hydrogen-bond acceptors (Lipinski definition) is 7. The van der Waals surface area contributed by atoms with Crippen molar-refractivity contribution in [3.63, 3.8) is 0 Å². The molecule has 0 radical (unpaired) electrons. The molecular weight excluding hydrogens is 555 g/mol. The molecule has 1 saturated heterocycles. The first kappa shape index (κ1) is 30.5. The minimum absolute atomic E-state index is 0.0885. The summed E-state index contributed by atoms with van der Waals surface area (Å²) in [6.45, 7) is 4.16. The van der Waals surface area contributed by atoms with Crippen LogP contribution in [-0.4, -0.2) is 51.6 Å². The van der Waals surface area contributed by atoms with Gasteiger partial charge in [0.1, 0.15) is 18.7 Å². The second-order valence-electron chi connectivity index (χ2n) is 10.1. The zero-order valence-corrected chi connectivity index (χ0v) is 23.2. The van der Waals surface area contributed by atoms with Crippen molar-refractivity contribution in [3.8, 4) is 11.4 Å². The summed E-state index contributed by atoms with van der Waals surface area (Å²) < 4.78 is 47.8. The Hall–Kier alpha value is -4.42. The number of nitrogens with zero attached hydrogens (tertiary/aromatic N) is 3. The number of benzene rings is 2. The molecule has 0 unspecified atom stereocenters. The maximum atomic E-state index is 13.2. The van der Waals surface area contributed by atoms with Gasteiger partial charge in [-0.2, -0.15) is 18.2 Å². The van der Waals surface area contributed by atoms with Gasteiger partial charge in [0.05, 0.1) is 0 Å². The minimum Gasteiger partial charge on any atom is -0.445 e. The van der Waals surface area contributed by atoms with Crippen molar-refractivity contribution in [2.24, 2.45) is 5.92 Å². The third-order valence-corrected chi connectivity index (χ3v) is 7.13. The van der Waals surface area contributed by atoms with Crippen molar-refractivity contribution < 1.29 is 36.8 Å². The number of alkyl halides is 3. The Kier molecular flexibility index (Phi) is 9.81. The van der Waals surface area contributed by atoms with Crippen LogP contribution in [0.4, 0.5) is 18.0 Å². The van der Waals surface area contributed by atoms with Crippen molar-refractivity contribution in [2.45, 2.75) is 64.5 Å². The smallest absolute Gasteiger partial charge is 0.445 e. The number of rotatable bonds is 9. The Morgan fingerprint density at radius 2 is 1.81 bits per heavy atom. The van der Waals surface area contributed by atoms with Gasteiger partial charge in [0, 0.05) is 18.7 Å². The number of halogens is 3. The second-order valence-corrected chi connectivity index (χ2v) is 10.1. The Labute approximate surface area is 240 Å². The molecule has 0 aliphatic carbocycles. The molecule has 1 aliphatic heterocycles. The van der Waals surface area contributed by atoms with Gasteiger partial charge in [-0.25, -0.2) is 4.79 Å². The van der Waals surface area contributed by atoms with E-state index >= 15 is 0 Å². The van der Waals surface area contributed by atoms with Gasteiger partial charge in [0.25, 0.3) is 0 Å². The molecule has 0 bridgehead atoms. The first-order valence-electron chi connectivity index (χ1n) is 13.6. The summed E-state index contributed by atoms with van der Waals surface area (Å²) >= 11 is 0. The maximum Gasteiger partial charge on any atom is 0.471 e. The molecule has 1 fully saturated rings. The van der Waals surface area contributed by atoms with Crippen molar-refractivity contribution >= 4 is 17.9 Å². The van der Waals surface area contributed by atoms with Crippen LogP contribution >= 0.6 is 0 Å². The molecule has 3 amide bonds. The lowest BCUT2D eigenvalue weighted by atomic mass is 9.88. The van der Waals surface area contributed by atoms with E-state index in [-0.39, 0.29) is 24.9 Å². The van der Waals surface area contributed by atoms with Crippen LogP contribution in [0.3, 0.4) is 0 Å². The molecule has 2 aromatic carbocycles. The highest BCUT2D eigenvalue weighted by Crippen LogP contribution is 2.29. The average Bonchev–Trinajstić information content (AvgIpc) is 3.50. The molecule has 1 aliphatic rings. The summed E-state index contributed by atoms with van der Waals surface area (Å²) in [6, 6.07) is 13.8. The molecule has 0 saturated carbocycles. The zero-order valence-electron chi connectivity index (χ0n) is 23.2. The van der Waals surface area contributed by atoms with Gasteiger partial charge < -0.3 is 19.9 Å². The van der Waals surface area contributed by atoms with Crippen LogP contribution in [0.1, 0.15) is 50.1 Å². The van der Waals surface area contributed by atoms with Crippen LogP contribution in [0.2, 0.25) is 0 Å². The van der Waals surface area contributed by atoms with Gasteiger partial charge in [-0.3, -0.25) is 14.5 Å². The fourth-order valence-electron chi connectivity index (χ4n) is 4.62. The summed E-state index contributed by atoms with van der Waals surface area (Å²) in [7, 11) is 0. The Morgan fingerprint density at radius 1 is 1.10 bits per heavy atom. The molecule has 2 heterocycles. The van der Waals surface area contributed by atoms with Crippen molar-refractivity contribution in [1.82, 2.24) is 25.7 Å². The van der Waals surface area contributed by atoms with E-state index in [0.717, 1.165) is 18.4 Å². The lowest BCUT2D eigenvalue weighted by molar-refractivity contribution is -0.159. The largest absolute Gasteiger partial charge is 0.471 e. The molecule has 0 spiro atoms. The number of hydrogen-bond donors (Lipinski definition) is 2.